The number of carboxylic acids is 1. The van der Waals surface area contributed by atoms with E-state index in [-0.39, 0.29) is 16.5 Å². The average molecular weight is 276 g/mol. The first kappa shape index (κ1) is 9.48. The van der Waals surface area contributed by atoms with Crippen molar-refractivity contribution in [3.63, 3.8) is 0 Å². The first-order valence-corrected chi connectivity index (χ1v) is 4.74. The normalized spacial score (nSPS) is 10.7. The molecule has 0 aliphatic heterocycles. The second-order valence-corrected chi connectivity index (χ2v) is 3.81. The van der Waals surface area contributed by atoms with Gasteiger partial charge in [-0.15, -0.1) is 0 Å². The molecular formula is C8H3BrClNO3. The number of benzene rings is 1. The Morgan fingerprint density at radius 3 is 2.93 bits per heavy atom. The van der Waals surface area contributed by atoms with Crippen LogP contribution >= 0.6 is 27.5 Å². The highest BCUT2D eigenvalue weighted by atomic mass is 79.9. The number of hydrogen-bond acceptors (Lipinski definition) is 3. The third-order valence-corrected chi connectivity index (χ3v) is 2.28. The fourth-order valence-electron chi connectivity index (χ4n) is 1.13. The maximum absolute atomic E-state index is 10.8. The molecule has 0 amide bonds. The Kier molecular flexibility index (Phi) is 2.20. The zero-order valence-electron chi connectivity index (χ0n) is 6.62. The lowest BCUT2D eigenvalue weighted by Crippen LogP contribution is -1.96. The Bertz CT molecular complexity index is 523. The van der Waals surface area contributed by atoms with Crippen LogP contribution in [0.2, 0.25) is 5.35 Å². The molecule has 1 heterocycles. The van der Waals surface area contributed by atoms with Crippen LogP contribution in [0.3, 0.4) is 0 Å². The van der Waals surface area contributed by atoms with Crippen molar-refractivity contribution in [2.45, 2.75) is 0 Å². The van der Waals surface area contributed by atoms with Crippen LogP contribution in [0.1, 0.15) is 10.4 Å². The van der Waals surface area contributed by atoms with E-state index < -0.39 is 5.97 Å². The Hall–Kier alpha value is -1.07. The SMILES string of the molecule is O=C(O)c1cc(Br)cc2nc(Cl)oc12. The van der Waals surface area contributed by atoms with E-state index in [1.54, 1.807) is 6.07 Å². The summed E-state index contributed by atoms with van der Waals surface area (Å²) in [6, 6.07) is 3.07. The minimum atomic E-state index is -1.08. The van der Waals surface area contributed by atoms with Gasteiger partial charge in [-0.3, -0.25) is 0 Å². The van der Waals surface area contributed by atoms with Crippen molar-refractivity contribution < 1.29 is 14.3 Å². The summed E-state index contributed by atoms with van der Waals surface area (Å²) in [6.45, 7) is 0. The van der Waals surface area contributed by atoms with E-state index in [1.807, 2.05) is 0 Å². The van der Waals surface area contributed by atoms with Crippen LogP contribution in [0.15, 0.2) is 21.0 Å². The first-order chi connectivity index (χ1) is 6.58. The molecule has 1 aromatic heterocycles. The summed E-state index contributed by atoms with van der Waals surface area (Å²) in [7, 11) is 0. The van der Waals surface area contributed by atoms with Crippen molar-refractivity contribution in [1.29, 1.82) is 0 Å². The highest BCUT2D eigenvalue weighted by molar-refractivity contribution is 9.10. The minimum Gasteiger partial charge on any atom is -0.478 e. The van der Waals surface area contributed by atoms with Gasteiger partial charge in [0.2, 0.25) is 0 Å². The fourth-order valence-corrected chi connectivity index (χ4v) is 1.74. The van der Waals surface area contributed by atoms with E-state index in [0.717, 1.165) is 0 Å². The number of nitrogens with zero attached hydrogens (tertiary/aromatic N) is 1. The average Bonchev–Trinajstić information content (AvgIpc) is 2.42. The smallest absolute Gasteiger partial charge is 0.339 e. The van der Waals surface area contributed by atoms with Crippen molar-refractivity contribution in [3.8, 4) is 0 Å². The molecule has 1 N–H and O–H groups in total. The van der Waals surface area contributed by atoms with Crippen LogP contribution in [0.5, 0.6) is 0 Å². The lowest BCUT2D eigenvalue weighted by atomic mass is 10.2. The van der Waals surface area contributed by atoms with Crippen molar-refractivity contribution >= 4 is 44.6 Å². The van der Waals surface area contributed by atoms with Crippen molar-refractivity contribution in [2.75, 3.05) is 0 Å². The van der Waals surface area contributed by atoms with Gasteiger partial charge in [-0.25, -0.2) is 4.79 Å². The van der Waals surface area contributed by atoms with Crippen LogP contribution in [-0.2, 0) is 0 Å². The molecule has 2 rings (SSSR count). The second kappa shape index (κ2) is 3.25. The Balaban J connectivity index is 2.85. The van der Waals surface area contributed by atoms with Gasteiger partial charge >= 0.3 is 5.97 Å². The van der Waals surface area contributed by atoms with E-state index in [9.17, 15) is 4.79 Å². The van der Waals surface area contributed by atoms with E-state index in [2.05, 4.69) is 20.9 Å². The fraction of sp³-hybridized carbons (Fsp3) is 0. The number of oxazole rings is 1. The van der Waals surface area contributed by atoms with Gasteiger partial charge in [0.15, 0.2) is 5.58 Å². The molecule has 2 aromatic rings. The quantitative estimate of drug-likeness (QED) is 0.870. The zero-order valence-corrected chi connectivity index (χ0v) is 8.96. The summed E-state index contributed by atoms with van der Waals surface area (Å²) in [5, 5.41) is 8.80. The van der Waals surface area contributed by atoms with Crippen molar-refractivity contribution in [3.05, 3.63) is 27.5 Å². The van der Waals surface area contributed by atoms with Gasteiger partial charge in [-0.2, -0.15) is 4.98 Å². The summed E-state index contributed by atoms with van der Waals surface area (Å²) in [6.07, 6.45) is 0. The van der Waals surface area contributed by atoms with E-state index in [4.69, 9.17) is 21.1 Å². The summed E-state index contributed by atoms with van der Waals surface area (Å²) in [5.74, 6) is -1.08. The largest absolute Gasteiger partial charge is 0.478 e. The summed E-state index contributed by atoms with van der Waals surface area (Å²) < 4.78 is 5.59. The van der Waals surface area contributed by atoms with Crippen LogP contribution < -0.4 is 0 Å². The molecule has 14 heavy (non-hydrogen) atoms. The highest BCUT2D eigenvalue weighted by Crippen LogP contribution is 2.26. The number of aromatic nitrogens is 1. The van der Waals surface area contributed by atoms with Gasteiger partial charge in [0.1, 0.15) is 11.1 Å². The van der Waals surface area contributed by atoms with Crippen LogP contribution in [0.4, 0.5) is 0 Å². The number of halogens is 2. The van der Waals surface area contributed by atoms with Gasteiger partial charge < -0.3 is 9.52 Å². The van der Waals surface area contributed by atoms with E-state index in [0.29, 0.717) is 9.99 Å². The Morgan fingerprint density at radius 2 is 2.29 bits per heavy atom. The lowest BCUT2D eigenvalue weighted by Gasteiger charge is -1.95. The van der Waals surface area contributed by atoms with E-state index >= 15 is 0 Å². The molecule has 0 saturated heterocycles. The summed E-state index contributed by atoms with van der Waals surface area (Å²) in [4.78, 5) is 14.6. The third-order valence-electron chi connectivity index (χ3n) is 1.66. The molecule has 0 unspecified atom stereocenters. The van der Waals surface area contributed by atoms with Crippen molar-refractivity contribution in [2.24, 2.45) is 0 Å². The molecule has 0 bridgehead atoms. The predicted octanol–water partition coefficient (Wildman–Crippen LogP) is 2.94. The number of aromatic carboxylic acids is 1. The Morgan fingerprint density at radius 1 is 1.57 bits per heavy atom. The molecule has 0 atom stereocenters. The molecule has 0 radical (unpaired) electrons. The third kappa shape index (κ3) is 1.49. The topological polar surface area (TPSA) is 63.3 Å². The number of rotatable bonds is 1. The van der Waals surface area contributed by atoms with Gasteiger partial charge in [0, 0.05) is 4.47 Å². The summed E-state index contributed by atoms with van der Waals surface area (Å²) >= 11 is 8.70. The molecule has 72 valence electrons. The number of hydrogen-bond donors (Lipinski definition) is 1. The molecular weight excluding hydrogens is 273 g/mol. The zero-order chi connectivity index (χ0) is 10.3. The van der Waals surface area contributed by atoms with Crippen LogP contribution in [0, 0.1) is 0 Å². The lowest BCUT2D eigenvalue weighted by molar-refractivity contribution is 0.0698. The van der Waals surface area contributed by atoms with Crippen molar-refractivity contribution in [1.82, 2.24) is 4.98 Å². The van der Waals surface area contributed by atoms with E-state index in [1.165, 1.54) is 6.07 Å². The number of fused-ring (bicyclic) bond motifs is 1. The highest BCUT2D eigenvalue weighted by Gasteiger charge is 2.15. The van der Waals surface area contributed by atoms with Gasteiger partial charge in [-0.05, 0) is 23.7 Å². The van der Waals surface area contributed by atoms with Crippen LogP contribution in [-0.4, -0.2) is 16.1 Å². The maximum Gasteiger partial charge on any atom is 0.339 e. The molecule has 0 saturated carbocycles. The van der Waals surface area contributed by atoms with Gasteiger partial charge in [0.05, 0.1) is 0 Å². The maximum atomic E-state index is 10.8. The van der Waals surface area contributed by atoms with Gasteiger partial charge in [0.25, 0.3) is 5.35 Å². The molecule has 0 aliphatic carbocycles. The first-order valence-electron chi connectivity index (χ1n) is 3.57. The molecule has 1 aromatic carbocycles. The molecule has 0 fully saturated rings. The minimum absolute atomic E-state index is 0.0359. The Labute approximate surface area is 91.6 Å². The summed E-state index contributed by atoms with van der Waals surface area (Å²) in [5.41, 5.74) is 0.640. The monoisotopic (exact) mass is 275 g/mol. The van der Waals surface area contributed by atoms with Gasteiger partial charge in [-0.1, -0.05) is 15.9 Å². The molecule has 4 nitrogen and oxygen atoms in total. The second-order valence-electron chi connectivity index (χ2n) is 2.57. The standard InChI is InChI=1S/C8H3BrClNO3/c9-3-1-4(7(12)13)6-5(2-3)11-8(10)14-6/h1-2H,(H,12,13). The molecule has 0 aliphatic rings. The predicted molar refractivity (Wildman–Crippen MR) is 53.7 cm³/mol. The number of carbonyl (C=O) groups is 1. The number of carboxylic acid groups (broad SMARTS) is 1. The molecule has 6 heteroatoms. The molecule has 0 spiro atoms. The van der Waals surface area contributed by atoms with Crippen LogP contribution in [0.25, 0.3) is 11.1 Å².